The molecule has 2 aromatic carbocycles. The fraction of sp³-hybridized carbons (Fsp3) is 0.0588. The number of amides is 1. The number of halogens is 1. The van der Waals surface area contributed by atoms with Gasteiger partial charge < -0.3 is 10.5 Å². The van der Waals surface area contributed by atoms with E-state index in [1.807, 2.05) is 30.3 Å². The van der Waals surface area contributed by atoms with Gasteiger partial charge >= 0.3 is 0 Å². The Bertz CT molecular complexity index is 746. The van der Waals surface area contributed by atoms with Crippen molar-refractivity contribution in [1.82, 2.24) is 0 Å². The smallest absolute Gasteiger partial charge is 0.259 e. The van der Waals surface area contributed by atoms with Crippen LogP contribution in [-0.4, -0.2) is 5.91 Å². The topological polar surface area (TPSA) is 76.1 Å². The van der Waals surface area contributed by atoms with Gasteiger partial charge in [0.2, 0.25) is 0 Å². The second-order valence-corrected chi connectivity index (χ2v) is 5.40. The van der Waals surface area contributed by atoms with Crippen LogP contribution in [-0.2, 0) is 11.4 Å². The molecule has 5 heteroatoms. The molecule has 0 aliphatic carbocycles. The van der Waals surface area contributed by atoms with Gasteiger partial charge in [-0.1, -0.05) is 46.3 Å². The van der Waals surface area contributed by atoms with E-state index in [4.69, 9.17) is 15.7 Å². The number of carbonyl (C=O) groups is 1. The Morgan fingerprint density at radius 2 is 1.91 bits per heavy atom. The zero-order valence-electron chi connectivity index (χ0n) is 11.6. The first-order valence-corrected chi connectivity index (χ1v) is 7.27. The molecule has 0 saturated heterocycles. The van der Waals surface area contributed by atoms with E-state index >= 15 is 0 Å². The van der Waals surface area contributed by atoms with Gasteiger partial charge in [-0.25, -0.2) is 0 Å². The maximum absolute atomic E-state index is 11.1. The zero-order valence-corrected chi connectivity index (χ0v) is 13.2. The lowest BCUT2D eigenvalue weighted by Gasteiger charge is -2.09. The third-order valence-electron chi connectivity index (χ3n) is 2.91. The summed E-state index contributed by atoms with van der Waals surface area (Å²) in [4.78, 5) is 11.1. The number of nitrogens with zero attached hydrogens (tertiary/aromatic N) is 1. The highest BCUT2D eigenvalue weighted by Gasteiger charge is 2.07. The summed E-state index contributed by atoms with van der Waals surface area (Å²) in [5.74, 6) is -0.176. The number of hydrogen-bond donors (Lipinski definition) is 1. The van der Waals surface area contributed by atoms with E-state index in [2.05, 4.69) is 15.9 Å². The van der Waals surface area contributed by atoms with Crippen molar-refractivity contribution >= 4 is 27.9 Å². The van der Waals surface area contributed by atoms with Gasteiger partial charge in [-0.2, -0.15) is 5.26 Å². The molecular formula is C17H13BrN2O2. The van der Waals surface area contributed by atoms with E-state index in [-0.39, 0.29) is 5.57 Å². The number of nitriles is 1. The van der Waals surface area contributed by atoms with E-state index < -0.39 is 5.91 Å². The zero-order chi connectivity index (χ0) is 15.9. The minimum atomic E-state index is -0.759. The van der Waals surface area contributed by atoms with E-state index in [0.29, 0.717) is 17.9 Å². The molecule has 0 aliphatic rings. The van der Waals surface area contributed by atoms with Crippen LogP contribution in [0, 0.1) is 11.3 Å². The number of nitrogens with two attached hydrogens (primary N) is 1. The van der Waals surface area contributed by atoms with Gasteiger partial charge in [0, 0.05) is 10.0 Å². The van der Waals surface area contributed by atoms with E-state index in [9.17, 15) is 4.79 Å². The van der Waals surface area contributed by atoms with Crippen LogP contribution in [0.25, 0.3) is 6.08 Å². The largest absolute Gasteiger partial charge is 0.488 e. The van der Waals surface area contributed by atoms with Crippen LogP contribution in [0.3, 0.4) is 0 Å². The van der Waals surface area contributed by atoms with E-state index in [0.717, 1.165) is 10.0 Å². The molecule has 0 unspecified atom stereocenters. The van der Waals surface area contributed by atoms with Crippen molar-refractivity contribution in [2.75, 3.05) is 0 Å². The molecule has 2 rings (SSSR count). The molecule has 0 saturated carbocycles. The summed E-state index contributed by atoms with van der Waals surface area (Å²) in [6.07, 6.45) is 1.43. The van der Waals surface area contributed by atoms with Crippen LogP contribution >= 0.6 is 15.9 Å². The standard InChI is InChI=1S/C17H13BrN2O2/c18-15-7-5-12(6-8-15)11-22-16-4-2-1-3-13(16)9-14(10-19)17(20)21/h1-9H,11H2,(H2,20,21)/b14-9+. The van der Waals surface area contributed by atoms with Gasteiger partial charge in [0.1, 0.15) is 24.0 Å². The van der Waals surface area contributed by atoms with Crippen molar-refractivity contribution in [3.63, 3.8) is 0 Å². The Hall–Kier alpha value is -2.58. The summed E-state index contributed by atoms with van der Waals surface area (Å²) in [6.45, 7) is 0.386. The van der Waals surface area contributed by atoms with E-state index in [1.165, 1.54) is 6.08 Å². The van der Waals surface area contributed by atoms with Gasteiger partial charge in [-0.15, -0.1) is 0 Å². The Balaban J connectivity index is 2.20. The lowest BCUT2D eigenvalue weighted by Crippen LogP contribution is -2.12. The van der Waals surface area contributed by atoms with Crippen LogP contribution in [0.5, 0.6) is 5.75 Å². The first-order valence-electron chi connectivity index (χ1n) is 6.48. The first-order chi connectivity index (χ1) is 10.6. The molecular weight excluding hydrogens is 344 g/mol. The third kappa shape index (κ3) is 4.21. The van der Waals surface area contributed by atoms with Crippen LogP contribution in [0.1, 0.15) is 11.1 Å². The molecule has 0 bridgehead atoms. The molecule has 0 heterocycles. The highest BCUT2D eigenvalue weighted by Crippen LogP contribution is 2.22. The number of primary amides is 1. The summed E-state index contributed by atoms with van der Waals surface area (Å²) in [6, 6.07) is 16.7. The van der Waals surface area contributed by atoms with Gasteiger partial charge in [0.05, 0.1) is 0 Å². The molecule has 0 aliphatic heterocycles. The predicted octanol–water partition coefficient (Wildman–Crippen LogP) is 3.42. The molecule has 2 aromatic rings. The molecule has 110 valence electrons. The van der Waals surface area contributed by atoms with Gasteiger partial charge in [-0.05, 0) is 29.8 Å². The molecule has 0 spiro atoms. The van der Waals surface area contributed by atoms with Crippen molar-refractivity contribution in [2.24, 2.45) is 5.73 Å². The van der Waals surface area contributed by atoms with Crippen LogP contribution in [0.15, 0.2) is 58.6 Å². The number of hydrogen-bond acceptors (Lipinski definition) is 3. The van der Waals surface area contributed by atoms with Gasteiger partial charge in [-0.3, -0.25) is 4.79 Å². The Kier molecular flexibility index (Phi) is 5.34. The molecule has 0 atom stereocenters. The number of rotatable bonds is 5. The summed E-state index contributed by atoms with van der Waals surface area (Å²) in [5, 5.41) is 8.92. The Labute approximate surface area is 136 Å². The monoisotopic (exact) mass is 356 g/mol. The molecule has 0 aromatic heterocycles. The Morgan fingerprint density at radius 1 is 1.23 bits per heavy atom. The summed E-state index contributed by atoms with van der Waals surface area (Å²) in [7, 11) is 0. The fourth-order valence-corrected chi connectivity index (χ4v) is 2.05. The molecule has 0 radical (unpaired) electrons. The highest BCUT2D eigenvalue weighted by atomic mass is 79.9. The average molecular weight is 357 g/mol. The van der Waals surface area contributed by atoms with Crippen LogP contribution < -0.4 is 10.5 Å². The van der Waals surface area contributed by atoms with Crippen LogP contribution in [0.4, 0.5) is 0 Å². The highest BCUT2D eigenvalue weighted by molar-refractivity contribution is 9.10. The van der Waals surface area contributed by atoms with Crippen molar-refractivity contribution in [3.8, 4) is 11.8 Å². The maximum atomic E-state index is 11.1. The number of benzene rings is 2. The predicted molar refractivity (Wildman–Crippen MR) is 87.7 cm³/mol. The number of ether oxygens (including phenoxy) is 1. The SMILES string of the molecule is N#C/C(=C\c1ccccc1OCc1ccc(Br)cc1)C(N)=O. The quantitative estimate of drug-likeness (QED) is 0.658. The fourth-order valence-electron chi connectivity index (χ4n) is 1.79. The third-order valence-corrected chi connectivity index (χ3v) is 3.44. The molecule has 4 nitrogen and oxygen atoms in total. The number of para-hydroxylation sites is 1. The van der Waals surface area contributed by atoms with Crippen LogP contribution in [0.2, 0.25) is 0 Å². The minimum Gasteiger partial charge on any atom is -0.488 e. The van der Waals surface area contributed by atoms with Crippen molar-refractivity contribution in [2.45, 2.75) is 6.61 Å². The lowest BCUT2D eigenvalue weighted by atomic mass is 10.1. The average Bonchev–Trinajstić information content (AvgIpc) is 2.52. The molecule has 0 fully saturated rings. The molecule has 1 amide bonds. The molecule has 22 heavy (non-hydrogen) atoms. The Morgan fingerprint density at radius 3 is 2.55 bits per heavy atom. The summed E-state index contributed by atoms with van der Waals surface area (Å²) < 4.78 is 6.77. The van der Waals surface area contributed by atoms with Crippen molar-refractivity contribution in [1.29, 1.82) is 5.26 Å². The second kappa shape index (κ2) is 7.43. The van der Waals surface area contributed by atoms with Gasteiger partial charge in [0.25, 0.3) is 5.91 Å². The van der Waals surface area contributed by atoms with Crippen molar-refractivity contribution < 1.29 is 9.53 Å². The second-order valence-electron chi connectivity index (χ2n) is 4.49. The number of carbonyl (C=O) groups excluding carboxylic acids is 1. The summed E-state index contributed by atoms with van der Waals surface area (Å²) in [5.41, 5.74) is 6.68. The maximum Gasteiger partial charge on any atom is 0.259 e. The summed E-state index contributed by atoms with van der Waals surface area (Å²) >= 11 is 3.38. The lowest BCUT2D eigenvalue weighted by molar-refractivity contribution is -0.114. The minimum absolute atomic E-state index is 0.111. The normalized spacial score (nSPS) is 10.8. The molecule has 2 N–H and O–H groups in total. The van der Waals surface area contributed by atoms with Crippen molar-refractivity contribution in [3.05, 3.63) is 69.7 Å². The van der Waals surface area contributed by atoms with Gasteiger partial charge in [0.15, 0.2) is 0 Å². The first kappa shape index (κ1) is 15.8. The van der Waals surface area contributed by atoms with E-state index in [1.54, 1.807) is 24.3 Å².